The maximum Gasteiger partial charge on any atom is 0.451 e. The smallest absolute Gasteiger partial charge is 0.353 e. The second-order valence-electron chi connectivity index (χ2n) is 9.14. The fourth-order valence-corrected chi connectivity index (χ4v) is 6.03. The van der Waals surface area contributed by atoms with E-state index in [-0.39, 0.29) is 16.4 Å². The lowest BCUT2D eigenvalue weighted by Crippen LogP contribution is -2.48. The van der Waals surface area contributed by atoms with Crippen molar-refractivity contribution in [2.24, 2.45) is 4.99 Å². The number of benzene rings is 2. The number of anilines is 1. The van der Waals surface area contributed by atoms with Crippen LogP contribution in [0, 0.1) is 0 Å². The van der Waals surface area contributed by atoms with Crippen LogP contribution >= 0.6 is 11.8 Å². The number of alkyl halides is 3. The normalized spacial score (nSPS) is 17.1. The van der Waals surface area contributed by atoms with Crippen molar-refractivity contribution in [2.45, 2.75) is 11.1 Å². The van der Waals surface area contributed by atoms with Crippen LogP contribution in [0.3, 0.4) is 0 Å². The summed E-state index contributed by atoms with van der Waals surface area (Å²) in [7, 11) is -3.47. The highest BCUT2D eigenvalue weighted by Crippen LogP contribution is 2.40. The topological polar surface area (TPSA) is 78.8 Å². The van der Waals surface area contributed by atoms with Crippen molar-refractivity contribution in [2.75, 3.05) is 56.2 Å². The third-order valence-electron chi connectivity index (χ3n) is 6.44. The summed E-state index contributed by atoms with van der Waals surface area (Å²) < 4.78 is 66.0. The Morgan fingerprint density at radius 3 is 2.18 bits per heavy atom. The van der Waals surface area contributed by atoms with Gasteiger partial charge in [-0.05, 0) is 17.7 Å². The van der Waals surface area contributed by atoms with Crippen LogP contribution in [-0.4, -0.2) is 79.6 Å². The van der Waals surface area contributed by atoms with Gasteiger partial charge in [0.1, 0.15) is 5.82 Å². The summed E-state index contributed by atoms with van der Waals surface area (Å²) in [5, 5.41) is 1.10. The van der Waals surface area contributed by atoms with Gasteiger partial charge in [-0.15, -0.1) is 11.8 Å². The molecule has 0 spiro atoms. The third-order valence-corrected chi connectivity index (χ3v) is 8.55. The molecule has 3 aromatic rings. The molecule has 2 aliphatic heterocycles. The van der Waals surface area contributed by atoms with Crippen LogP contribution in [0.5, 0.6) is 0 Å². The molecule has 3 heterocycles. The highest BCUT2D eigenvalue weighted by molar-refractivity contribution is 8.14. The Kier molecular flexibility index (Phi) is 7.47. The molecule has 0 saturated carbocycles. The molecule has 0 atom stereocenters. The molecule has 12 heteroatoms. The molecule has 200 valence electrons. The van der Waals surface area contributed by atoms with E-state index >= 15 is 0 Å². The third kappa shape index (κ3) is 5.87. The van der Waals surface area contributed by atoms with Crippen molar-refractivity contribution in [3.05, 3.63) is 60.4 Å². The quantitative estimate of drug-likeness (QED) is 0.439. The zero-order chi connectivity index (χ0) is 26.9. The molecule has 0 amide bonds. The van der Waals surface area contributed by atoms with Crippen LogP contribution in [0.1, 0.15) is 5.82 Å². The fourth-order valence-electron chi connectivity index (χ4n) is 4.53. The Morgan fingerprint density at radius 2 is 1.61 bits per heavy atom. The lowest BCUT2D eigenvalue weighted by molar-refractivity contribution is -0.144. The minimum absolute atomic E-state index is 0.0778. The van der Waals surface area contributed by atoms with E-state index < -0.39 is 21.8 Å². The number of aliphatic imine (C=N–C) groups is 1. The molecule has 0 N–H and O–H groups in total. The second-order valence-corrected chi connectivity index (χ2v) is 12.3. The number of halogens is 3. The highest BCUT2D eigenvalue weighted by Gasteiger charge is 2.38. The minimum atomic E-state index is -4.76. The molecule has 0 unspecified atom stereocenters. The summed E-state index contributed by atoms with van der Waals surface area (Å²) in [5.74, 6) is -0.0216. The summed E-state index contributed by atoms with van der Waals surface area (Å²) in [6, 6.07) is 14.8. The van der Waals surface area contributed by atoms with E-state index in [4.69, 9.17) is 0 Å². The number of aromatic nitrogens is 2. The van der Waals surface area contributed by atoms with Gasteiger partial charge in [0.25, 0.3) is 0 Å². The van der Waals surface area contributed by atoms with Crippen molar-refractivity contribution in [3.8, 4) is 22.4 Å². The van der Waals surface area contributed by atoms with Gasteiger partial charge < -0.3 is 4.90 Å². The second kappa shape index (κ2) is 10.7. The highest BCUT2D eigenvalue weighted by atomic mass is 32.2. The first kappa shape index (κ1) is 26.6. The van der Waals surface area contributed by atoms with Gasteiger partial charge >= 0.3 is 6.18 Å². The van der Waals surface area contributed by atoms with E-state index in [1.165, 1.54) is 24.3 Å². The summed E-state index contributed by atoms with van der Waals surface area (Å²) in [6.45, 7) is 3.90. The van der Waals surface area contributed by atoms with Crippen molar-refractivity contribution >= 4 is 32.5 Å². The van der Waals surface area contributed by atoms with E-state index in [0.717, 1.165) is 30.1 Å². The SMILES string of the molecule is CS(=O)(=O)c1ccc(-c2nc(C(F)(F)F)nc(N3CCN(CC4=NCCS4)CC3)c2-c2ccccc2)cc1. The van der Waals surface area contributed by atoms with Gasteiger partial charge in [0.2, 0.25) is 5.82 Å². The number of thioether (sulfide) groups is 1. The van der Waals surface area contributed by atoms with Gasteiger partial charge in [-0.25, -0.2) is 18.4 Å². The van der Waals surface area contributed by atoms with Crippen molar-refractivity contribution in [3.63, 3.8) is 0 Å². The fraction of sp³-hybridized carbons (Fsp3) is 0.346. The average Bonchev–Trinajstić information content (AvgIpc) is 3.41. The molecular weight excluding hydrogens is 535 g/mol. The Balaban J connectivity index is 1.59. The standard InChI is InChI=1S/C26H26F3N5O2S2/c1-38(35,36)20-9-7-19(8-10-20)23-22(18-5-3-2-4-6-18)24(32-25(31-23)26(27,28)29)34-14-12-33(13-15-34)17-21-30-11-16-37-21/h2-10H,11-17H2,1H3. The molecule has 0 aliphatic carbocycles. The van der Waals surface area contributed by atoms with E-state index in [9.17, 15) is 21.6 Å². The van der Waals surface area contributed by atoms with Gasteiger partial charge in [-0.3, -0.25) is 9.89 Å². The zero-order valence-electron chi connectivity index (χ0n) is 20.6. The first-order valence-electron chi connectivity index (χ1n) is 12.1. The Hall–Kier alpha value is -2.96. The van der Waals surface area contributed by atoms with Gasteiger partial charge in [-0.2, -0.15) is 13.2 Å². The number of hydrogen-bond acceptors (Lipinski definition) is 8. The predicted octanol–water partition coefficient (Wildman–Crippen LogP) is 4.50. The molecule has 1 aromatic heterocycles. The first-order valence-corrected chi connectivity index (χ1v) is 15.0. The van der Waals surface area contributed by atoms with Crippen LogP contribution < -0.4 is 4.90 Å². The molecule has 5 rings (SSSR count). The lowest BCUT2D eigenvalue weighted by Gasteiger charge is -2.36. The molecule has 2 aliphatic rings. The maximum absolute atomic E-state index is 14.0. The van der Waals surface area contributed by atoms with Gasteiger partial charge in [-0.1, -0.05) is 42.5 Å². The predicted molar refractivity (Wildman–Crippen MR) is 144 cm³/mol. The van der Waals surface area contributed by atoms with Crippen LogP contribution in [0.15, 0.2) is 64.5 Å². The van der Waals surface area contributed by atoms with Crippen LogP contribution in [0.2, 0.25) is 0 Å². The molecule has 0 radical (unpaired) electrons. The van der Waals surface area contributed by atoms with E-state index in [1.54, 1.807) is 11.8 Å². The maximum atomic E-state index is 14.0. The summed E-state index contributed by atoms with van der Waals surface area (Å²) in [6.07, 6.45) is -3.68. The average molecular weight is 562 g/mol. The van der Waals surface area contributed by atoms with Gasteiger partial charge in [0.15, 0.2) is 9.84 Å². The van der Waals surface area contributed by atoms with E-state index in [2.05, 4.69) is 19.9 Å². The largest absolute Gasteiger partial charge is 0.451 e. The number of nitrogens with zero attached hydrogens (tertiary/aromatic N) is 5. The molecule has 1 saturated heterocycles. The number of hydrogen-bond donors (Lipinski definition) is 0. The molecule has 2 aromatic carbocycles. The molecule has 0 bridgehead atoms. The van der Waals surface area contributed by atoms with Gasteiger partial charge in [0, 0.05) is 56.8 Å². The number of piperazine rings is 1. The Labute approximate surface area is 223 Å². The monoisotopic (exact) mass is 561 g/mol. The first-order chi connectivity index (χ1) is 18.1. The Bertz CT molecular complexity index is 1440. The van der Waals surface area contributed by atoms with E-state index in [0.29, 0.717) is 42.9 Å². The molecular formula is C26H26F3N5O2S2. The van der Waals surface area contributed by atoms with Crippen LogP contribution in [0.25, 0.3) is 22.4 Å². The van der Waals surface area contributed by atoms with Crippen LogP contribution in [0.4, 0.5) is 19.0 Å². The van der Waals surface area contributed by atoms with Crippen molar-refractivity contribution < 1.29 is 21.6 Å². The summed E-state index contributed by atoms with van der Waals surface area (Å²) in [4.78, 5) is 16.8. The summed E-state index contributed by atoms with van der Waals surface area (Å²) >= 11 is 1.75. The number of sulfone groups is 1. The molecule has 38 heavy (non-hydrogen) atoms. The van der Waals surface area contributed by atoms with E-state index in [1.807, 2.05) is 35.2 Å². The molecule has 7 nitrogen and oxygen atoms in total. The van der Waals surface area contributed by atoms with Crippen LogP contribution in [-0.2, 0) is 16.0 Å². The Morgan fingerprint density at radius 1 is 0.921 bits per heavy atom. The van der Waals surface area contributed by atoms with Crippen molar-refractivity contribution in [1.82, 2.24) is 14.9 Å². The van der Waals surface area contributed by atoms with Crippen molar-refractivity contribution in [1.29, 1.82) is 0 Å². The lowest BCUT2D eigenvalue weighted by atomic mass is 9.98. The zero-order valence-corrected chi connectivity index (χ0v) is 22.3. The number of rotatable bonds is 6. The molecule has 1 fully saturated rings. The summed E-state index contributed by atoms with van der Waals surface area (Å²) in [5.41, 5.74) is 1.64. The minimum Gasteiger partial charge on any atom is -0.353 e. The van der Waals surface area contributed by atoms with Gasteiger partial charge in [0.05, 0.1) is 21.2 Å².